The molecule has 0 radical (unpaired) electrons. The largest absolute Gasteiger partial charge is 0.505 e. The van der Waals surface area contributed by atoms with E-state index in [0.29, 0.717) is 37.7 Å². The quantitative estimate of drug-likeness (QED) is 0.0809. The fourth-order valence-corrected chi connectivity index (χ4v) is 6.65. The van der Waals surface area contributed by atoms with Crippen LogP contribution in [0.1, 0.15) is 34.1 Å². The summed E-state index contributed by atoms with van der Waals surface area (Å²) in [6, 6.07) is 19.6. The van der Waals surface area contributed by atoms with Crippen molar-refractivity contribution in [2.45, 2.75) is 30.0 Å². The van der Waals surface area contributed by atoms with Crippen LogP contribution in [0.4, 0.5) is 5.13 Å². The molecule has 3 aromatic heterocycles. The lowest BCUT2D eigenvalue weighted by molar-refractivity contribution is -0.132. The number of hydrogen-bond acceptors (Lipinski definition) is 8. The van der Waals surface area contributed by atoms with E-state index < -0.39 is 17.7 Å². The summed E-state index contributed by atoms with van der Waals surface area (Å²) in [4.78, 5) is 32.9. The van der Waals surface area contributed by atoms with Crippen molar-refractivity contribution in [2.24, 2.45) is 0 Å². The van der Waals surface area contributed by atoms with Crippen molar-refractivity contribution in [2.75, 3.05) is 4.90 Å². The highest BCUT2D eigenvalue weighted by Gasteiger charge is 2.48. The summed E-state index contributed by atoms with van der Waals surface area (Å²) in [5.41, 5.74) is 4.35. The van der Waals surface area contributed by atoms with Crippen molar-refractivity contribution in [3.63, 3.8) is 0 Å². The van der Waals surface area contributed by atoms with Crippen LogP contribution in [0.15, 0.2) is 82.8 Å². The normalized spacial score (nSPS) is 16.8. The molecule has 5 aromatic rings. The Morgan fingerprint density at radius 1 is 1.02 bits per heavy atom. The number of carbonyl (C=O) groups is 2. The Morgan fingerprint density at radius 2 is 1.77 bits per heavy atom. The van der Waals surface area contributed by atoms with Gasteiger partial charge in [-0.1, -0.05) is 82.7 Å². The van der Waals surface area contributed by atoms with E-state index in [2.05, 4.69) is 39.4 Å². The van der Waals surface area contributed by atoms with Gasteiger partial charge in [0.25, 0.3) is 5.78 Å². The minimum absolute atomic E-state index is 0.0508. The number of benzene rings is 2. The molecule has 2 aromatic carbocycles. The topological polar surface area (TPSA) is 101 Å². The van der Waals surface area contributed by atoms with E-state index >= 15 is 0 Å². The first-order chi connectivity index (χ1) is 19.3. The monoisotopic (exact) mass is 587 g/mol. The molecule has 0 saturated carbocycles. The second kappa shape index (κ2) is 10.5. The lowest BCUT2D eigenvalue weighted by Crippen LogP contribution is -2.29. The first-order valence-corrected chi connectivity index (χ1v) is 14.5. The fourth-order valence-electron chi connectivity index (χ4n) is 4.70. The van der Waals surface area contributed by atoms with E-state index in [1.54, 1.807) is 53.9 Å². The van der Waals surface area contributed by atoms with Gasteiger partial charge in [-0.15, -0.1) is 10.2 Å². The molecule has 1 amide bonds. The lowest BCUT2D eigenvalue weighted by Gasteiger charge is -2.22. The molecule has 1 fully saturated rings. The zero-order chi connectivity index (χ0) is 28.0. The van der Waals surface area contributed by atoms with Crippen LogP contribution in [0.5, 0.6) is 0 Å². The van der Waals surface area contributed by atoms with Crippen LogP contribution in [0, 0.1) is 13.8 Å². The molecule has 4 heterocycles. The SMILES string of the molecule is Cc1ccc(CSc2nnc(N3C(=O)C(=O)C(=C(O)c4c(C)nc5ccccn45)C3c3ccc(Cl)cc3)s2)cc1. The van der Waals surface area contributed by atoms with Crippen molar-refractivity contribution in [1.82, 2.24) is 19.6 Å². The smallest absolute Gasteiger partial charge is 0.301 e. The standard InChI is InChI=1S/C29H22ClN5O3S2/c1-16-6-8-18(9-7-16)15-39-29-33-32-28(40-29)35-24(19-10-12-20(30)13-11-19)22(26(37)27(35)38)25(36)23-17(2)31-21-5-3-4-14-34(21)23/h3-14,24,36H,15H2,1-2H3. The van der Waals surface area contributed by atoms with Gasteiger partial charge in [0, 0.05) is 17.0 Å². The Bertz CT molecular complexity index is 1790. The number of carbonyl (C=O) groups excluding carboxylic acids is 2. The summed E-state index contributed by atoms with van der Waals surface area (Å²) in [7, 11) is 0. The molecule has 1 atom stereocenters. The molecular weight excluding hydrogens is 566 g/mol. The molecule has 1 N–H and O–H groups in total. The van der Waals surface area contributed by atoms with Crippen molar-refractivity contribution in [3.8, 4) is 0 Å². The Kier molecular flexibility index (Phi) is 6.91. The van der Waals surface area contributed by atoms with Crippen molar-refractivity contribution < 1.29 is 14.7 Å². The third-order valence-corrected chi connectivity index (χ3v) is 9.02. The maximum absolute atomic E-state index is 13.6. The molecule has 11 heteroatoms. The predicted molar refractivity (Wildman–Crippen MR) is 157 cm³/mol. The molecule has 200 valence electrons. The number of thioether (sulfide) groups is 1. The first-order valence-electron chi connectivity index (χ1n) is 12.3. The molecule has 1 unspecified atom stereocenters. The molecule has 6 rings (SSSR count). The van der Waals surface area contributed by atoms with Gasteiger partial charge in [0.2, 0.25) is 5.13 Å². The third-order valence-electron chi connectivity index (χ3n) is 6.64. The number of aliphatic hydroxyl groups excluding tert-OH is 1. The number of amides is 1. The molecule has 8 nitrogen and oxygen atoms in total. The van der Waals surface area contributed by atoms with E-state index in [4.69, 9.17) is 11.6 Å². The predicted octanol–water partition coefficient (Wildman–Crippen LogP) is 6.37. The Hall–Kier alpha value is -3.99. The summed E-state index contributed by atoms with van der Waals surface area (Å²) in [6.45, 7) is 3.79. The summed E-state index contributed by atoms with van der Waals surface area (Å²) in [6.07, 6.45) is 1.75. The van der Waals surface area contributed by atoms with Gasteiger partial charge in [0.05, 0.1) is 17.3 Å². The molecule has 0 spiro atoms. The number of hydrogen-bond donors (Lipinski definition) is 1. The second-order valence-corrected chi connectivity index (χ2v) is 11.9. The highest BCUT2D eigenvalue weighted by Crippen LogP contribution is 2.44. The van der Waals surface area contributed by atoms with Crippen LogP contribution in [-0.4, -0.2) is 36.4 Å². The zero-order valence-electron chi connectivity index (χ0n) is 21.4. The van der Waals surface area contributed by atoms with Gasteiger partial charge < -0.3 is 5.11 Å². The number of Topliss-reactive ketones (excluding diaryl/α,β-unsaturated/α-hetero) is 1. The molecule has 1 aliphatic heterocycles. The van der Waals surface area contributed by atoms with Gasteiger partial charge in [0.15, 0.2) is 10.1 Å². The molecule has 1 saturated heterocycles. The van der Waals surface area contributed by atoms with Gasteiger partial charge in [-0.3, -0.25) is 18.9 Å². The number of rotatable bonds is 6. The van der Waals surface area contributed by atoms with Gasteiger partial charge in [-0.2, -0.15) is 0 Å². The van der Waals surface area contributed by atoms with Crippen LogP contribution in [-0.2, 0) is 15.3 Å². The van der Waals surface area contributed by atoms with Crippen LogP contribution in [0.2, 0.25) is 5.02 Å². The van der Waals surface area contributed by atoms with Crippen molar-refractivity contribution in [3.05, 3.63) is 112 Å². The van der Waals surface area contributed by atoms with Gasteiger partial charge in [0.1, 0.15) is 11.3 Å². The van der Waals surface area contributed by atoms with Crippen LogP contribution in [0.3, 0.4) is 0 Å². The number of imidazole rings is 1. The average molecular weight is 588 g/mol. The number of fused-ring (bicyclic) bond motifs is 1. The van der Waals surface area contributed by atoms with E-state index in [0.717, 1.165) is 5.56 Å². The van der Waals surface area contributed by atoms with Crippen molar-refractivity contribution >= 4 is 62.9 Å². The summed E-state index contributed by atoms with van der Waals surface area (Å²) < 4.78 is 2.35. The van der Waals surface area contributed by atoms with E-state index in [-0.39, 0.29) is 16.5 Å². The minimum atomic E-state index is -0.936. The highest BCUT2D eigenvalue weighted by atomic mass is 35.5. The molecule has 0 bridgehead atoms. The maximum Gasteiger partial charge on any atom is 0.301 e. The minimum Gasteiger partial charge on any atom is -0.505 e. The maximum atomic E-state index is 13.6. The molecular formula is C29H22ClN5O3S2. The van der Waals surface area contributed by atoms with E-state index in [1.165, 1.54) is 33.6 Å². The Morgan fingerprint density at radius 3 is 2.52 bits per heavy atom. The number of nitrogens with zero attached hydrogens (tertiary/aromatic N) is 5. The number of aromatic nitrogens is 4. The number of ketones is 1. The fraction of sp³-hybridized carbons (Fsp3) is 0.138. The number of anilines is 1. The Balaban J connectivity index is 1.43. The number of aliphatic hydroxyl groups is 1. The molecule has 40 heavy (non-hydrogen) atoms. The Labute approximate surface area is 243 Å². The van der Waals surface area contributed by atoms with E-state index in [9.17, 15) is 14.7 Å². The van der Waals surface area contributed by atoms with Crippen LogP contribution >= 0.6 is 34.7 Å². The number of aryl methyl sites for hydroxylation is 2. The second-order valence-electron chi connectivity index (χ2n) is 9.32. The summed E-state index contributed by atoms with van der Waals surface area (Å²) >= 11 is 8.87. The third kappa shape index (κ3) is 4.68. The average Bonchev–Trinajstić information content (AvgIpc) is 3.62. The number of halogens is 1. The number of pyridine rings is 1. The van der Waals surface area contributed by atoms with Gasteiger partial charge >= 0.3 is 5.91 Å². The van der Waals surface area contributed by atoms with Gasteiger partial charge in [-0.05, 0) is 49.2 Å². The first kappa shape index (κ1) is 26.2. The van der Waals surface area contributed by atoms with Gasteiger partial charge in [-0.25, -0.2) is 4.98 Å². The zero-order valence-corrected chi connectivity index (χ0v) is 23.8. The molecule has 1 aliphatic rings. The lowest BCUT2D eigenvalue weighted by atomic mass is 9.96. The van der Waals surface area contributed by atoms with Crippen molar-refractivity contribution in [1.29, 1.82) is 0 Å². The summed E-state index contributed by atoms with van der Waals surface area (Å²) in [5, 5.41) is 21.0. The van der Waals surface area contributed by atoms with E-state index in [1.807, 2.05) is 13.0 Å². The van der Waals surface area contributed by atoms with Crippen LogP contribution in [0.25, 0.3) is 11.4 Å². The summed E-state index contributed by atoms with van der Waals surface area (Å²) in [5.74, 6) is -1.23. The highest BCUT2D eigenvalue weighted by molar-refractivity contribution is 8.00. The van der Waals surface area contributed by atoms with Crippen LogP contribution < -0.4 is 4.90 Å². The molecule has 0 aliphatic carbocycles.